The molecule has 0 unspecified atom stereocenters. The molecule has 0 radical (unpaired) electrons. The molecule has 1 amide bonds. The molecule has 1 aromatic heterocycles. The van der Waals surface area contributed by atoms with Gasteiger partial charge in [0, 0.05) is 12.1 Å². The first-order valence-electron chi connectivity index (χ1n) is 8.73. The Balaban J connectivity index is 1.73. The Morgan fingerprint density at radius 1 is 1.07 bits per heavy atom. The summed E-state index contributed by atoms with van der Waals surface area (Å²) in [6, 6.07) is 14.5. The fourth-order valence-corrected chi connectivity index (χ4v) is 2.90. The number of methoxy groups -OCH3 is 2. The van der Waals surface area contributed by atoms with Gasteiger partial charge >= 0.3 is 5.69 Å². The van der Waals surface area contributed by atoms with Gasteiger partial charge in [-0.2, -0.15) is 9.78 Å². The van der Waals surface area contributed by atoms with Crippen LogP contribution in [0, 0.1) is 6.92 Å². The maximum atomic E-state index is 12.6. The summed E-state index contributed by atoms with van der Waals surface area (Å²) in [4.78, 5) is 25.0. The molecule has 3 rings (SSSR count). The van der Waals surface area contributed by atoms with Crippen LogP contribution in [-0.4, -0.2) is 34.5 Å². The third kappa shape index (κ3) is 3.90. The van der Waals surface area contributed by atoms with Crippen LogP contribution in [0.25, 0.3) is 5.69 Å². The van der Waals surface area contributed by atoms with E-state index in [2.05, 4.69) is 10.4 Å². The van der Waals surface area contributed by atoms with Crippen molar-refractivity contribution >= 4 is 5.91 Å². The lowest BCUT2D eigenvalue weighted by molar-refractivity contribution is -0.121. The van der Waals surface area contributed by atoms with E-state index in [1.807, 2.05) is 30.3 Å². The van der Waals surface area contributed by atoms with Crippen LogP contribution in [0.15, 0.2) is 53.3 Å². The zero-order valence-corrected chi connectivity index (χ0v) is 16.0. The number of ether oxygens (including phenoxy) is 2. The summed E-state index contributed by atoms with van der Waals surface area (Å²) in [6.45, 7) is 1.82. The molecule has 8 nitrogen and oxygen atoms in total. The highest BCUT2D eigenvalue weighted by Crippen LogP contribution is 2.30. The molecule has 0 aliphatic carbocycles. The third-order valence-electron chi connectivity index (χ3n) is 4.31. The molecule has 2 aromatic carbocycles. The van der Waals surface area contributed by atoms with Crippen molar-refractivity contribution in [1.29, 1.82) is 0 Å². The quantitative estimate of drug-likeness (QED) is 0.672. The number of rotatable bonds is 7. The summed E-state index contributed by atoms with van der Waals surface area (Å²) >= 11 is 0. The van der Waals surface area contributed by atoms with Crippen LogP contribution < -0.4 is 20.5 Å². The van der Waals surface area contributed by atoms with Crippen molar-refractivity contribution < 1.29 is 14.3 Å². The number of hydrogen-bond donors (Lipinski definition) is 1. The van der Waals surface area contributed by atoms with E-state index in [1.54, 1.807) is 39.3 Å². The lowest BCUT2D eigenvalue weighted by atomic mass is 10.2. The van der Waals surface area contributed by atoms with E-state index in [0.717, 1.165) is 5.56 Å². The maximum Gasteiger partial charge on any atom is 0.351 e. The van der Waals surface area contributed by atoms with Gasteiger partial charge in [-0.25, -0.2) is 4.79 Å². The Bertz CT molecular complexity index is 1020. The third-order valence-corrected chi connectivity index (χ3v) is 4.31. The second kappa shape index (κ2) is 8.43. The Labute approximate surface area is 162 Å². The number of nitrogens with zero attached hydrogens (tertiary/aromatic N) is 3. The van der Waals surface area contributed by atoms with Gasteiger partial charge in [0.1, 0.15) is 12.4 Å². The first-order chi connectivity index (χ1) is 13.5. The van der Waals surface area contributed by atoms with E-state index in [9.17, 15) is 9.59 Å². The topological polar surface area (TPSA) is 87.4 Å². The molecule has 3 aromatic rings. The maximum absolute atomic E-state index is 12.6. The van der Waals surface area contributed by atoms with Crippen molar-refractivity contribution in [1.82, 2.24) is 19.7 Å². The summed E-state index contributed by atoms with van der Waals surface area (Å²) in [7, 11) is 3.10. The van der Waals surface area contributed by atoms with Crippen molar-refractivity contribution in [3.63, 3.8) is 0 Å². The normalized spacial score (nSPS) is 10.5. The number of aromatic nitrogens is 3. The minimum Gasteiger partial charge on any atom is -0.493 e. The van der Waals surface area contributed by atoms with Gasteiger partial charge in [-0.15, -0.1) is 0 Å². The van der Waals surface area contributed by atoms with E-state index in [4.69, 9.17) is 9.47 Å². The summed E-state index contributed by atoms with van der Waals surface area (Å²) in [6.07, 6.45) is 0. The molecule has 8 heteroatoms. The van der Waals surface area contributed by atoms with Crippen LogP contribution in [0.1, 0.15) is 11.4 Å². The van der Waals surface area contributed by atoms with Crippen LogP contribution in [-0.2, 0) is 17.9 Å². The number of hydrogen-bond acceptors (Lipinski definition) is 5. The number of nitrogens with one attached hydrogen (secondary N) is 1. The Morgan fingerprint density at radius 2 is 1.82 bits per heavy atom. The molecule has 0 fully saturated rings. The summed E-state index contributed by atoms with van der Waals surface area (Å²) in [5.41, 5.74) is 1.06. The smallest absolute Gasteiger partial charge is 0.351 e. The van der Waals surface area contributed by atoms with Crippen molar-refractivity contribution in [2.75, 3.05) is 14.2 Å². The van der Waals surface area contributed by atoms with Gasteiger partial charge in [0.25, 0.3) is 0 Å². The lowest BCUT2D eigenvalue weighted by Gasteiger charge is -2.13. The van der Waals surface area contributed by atoms with Gasteiger partial charge in [0.2, 0.25) is 5.91 Å². The van der Waals surface area contributed by atoms with Crippen molar-refractivity contribution in [3.8, 4) is 17.2 Å². The predicted molar refractivity (Wildman–Crippen MR) is 104 cm³/mol. The van der Waals surface area contributed by atoms with Gasteiger partial charge in [-0.05, 0) is 25.1 Å². The van der Waals surface area contributed by atoms with E-state index < -0.39 is 0 Å². The Hall–Kier alpha value is -3.55. The molecule has 1 heterocycles. The Kier molecular flexibility index (Phi) is 5.78. The average Bonchev–Trinajstić information content (AvgIpc) is 3.00. The zero-order valence-electron chi connectivity index (χ0n) is 16.0. The molecule has 0 aliphatic heterocycles. The SMILES string of the molecule is COc1cccc(CNC(=O)Cn2c(C)nn(-c3ccccc3)c2=O)c1OC. The molecule has 0 aliphatic rings. The number of carbonyl (C=O) groups excluding carboxylic acids is 1. The molecular formula is C20H22N4O4. The van der Waals surface area contributed by atoms with Crippen LogP contribution in [0.2, 0.25) is 0 Å². The van der Waals surface area contributed by atoms with Crippen LogP contribution in [0.3, 0.4) is 0 Å². The molecule has 0 saturated heterocycles. The molecule has 0 spiro atoms. The Morgan fingerprint density at radius 3 is 2.50 bits per heavy atom. The van der Waals surface area contributed by atoms with Gasteiger partial charge < -0.3 is 14.8 Å². The lowest BCUT2D eigenvalue weighted by Crippen LogP contribution is -2.33. The van der Waals surface area contributed by atoms with Gasteiger partial charge in [-0.1, -0.05) is 30.3 Å². The van der Waals surface area contributed by atoms with Crippen molar-refractivity contribution in [3.05, 3.63) is 70.4 Å². The average molecular weight is 382 g/mol. The predicted octanol–water partition coefficient (Wildman–Crippen LogP) is 1.68. The van der Waals surface area contributed by atoms with Crippen LogP contribution >= 0.6 is 0 Å². The number of aryl methyl sites for hydroxylation is 1. The summed E-state index contributed by atoms with van der Waals surface area (Å²) in [5, 5.41) is 7.06. The molecule has 28 heavy (non-hydrogen) atoms. The largest absolute Gasteiger partial charge is 0.493 e. The minimum atomic E-state index is -0.363. The molecule has 146 valence electrons. The standard InChI is InChI=1S/C20H22N4O4/c1-14-22-24(16-9-5-4-6-10-16)20(26)23(14)13-18(25)21-12-15-8-7-11-17(27-2)19(15)28-3/h4-11H,12-13H2,1-3H3,(H,21,25). The first-order valence-corrected chi connectivity index (χ1v) is 8.73. The van der Waals surface area contributed by atoms with Gasteiger partial charge in [-0.3, -0.25) is 9.36 Å². The fraction of sp³-hybridized carbons (Fsp3) is 0.250. The number of amides is 1. The molecule has 0 saturated carbocycles. The minimum absolute atomic E-state index is 0.121. The highest BCUT2D eigenvalue weighted by molar-refractivity contribution is 5.75. The van der Waals surface area contributed by atoms with Crippen molar-refractivity contribution in [2.45, 2.75) is 20.0 Å². The van der Waals surface area contributed by atoms with Gasteiger partial charge in [0.15, 0.2) is 11.5 Å². The molecule has 1 N–H and O–H groups in total. The van der Waals surface area contributed by atoms with Gasteiger partial charge in [0.05, 0.1) is 19.9 Å². The highest BCUT2D eigenvalue weighted by Gasteiger charge is 2.15. The molecule has 0 bridgehead atoms. The number of benzene rings is 2. The summed E-state index contributed by atoms with van der Waals surface area (Å²) in [5.74, 6) is 1.31. The highest BCUT2D eigenvalue weighted by atomic mass is 16.5. The molecule has 0 atom stereocenters. The number of para-hydroxylation sites is 2. The second-order valence-corrected chi connectivity index (χ2v) is 6.09. The van der Waals surface area contributed by atoms with Crippen LogP contribution in [0.4, 0.5) is 0 Å². The van der Waals surface area contributed by atoms with Crippen molar-refractivity contribution in [2.24, 2.45) is 0 Å². The second-order valence-electron chi connectivity index (χ2n) is 6.09. The monoisotopic (exact) mass is 382 g/mol. The fourth-order valence-electron chi connectivity index (χ4n) is 2.90. The van der Waals surface area contributed by atoms with E-state index in [0.29, 0.717) is 23.0 Å². The number of carbonyl (C=O) groups is 1. The van der Waals surface area contributed by atoms with E-state index >= 15 is 0 Å². The zero-order chi connectivity index (χ0) is 20.1. The van der Waals surface area contributed by atoms with E-state index in [1.165, 1.54) is 9.25 Å². The van der Waals surface area contributed by atoms with Crippen LogP contribution in [0.5, 0.6) is 11.5 Å². The van der Waals surface area contributed by atoms with E-state index in [-0.39, 0.29) is 24.7 Å². The summed E-state index contributed by atoms with van der Waals surface area (Å²) < 4.78 is 13.2. The molecular weight excluding hydrogens is 360 g/mol. The first kappa shape index (κ1) is 19.2.